The van der Waals surface area contributed by atoms with Gasteiger partial charge in [0.1, 0.15) is 0 Å². The molecule has 0 saturated heterocycles. The van der Waals surface area contributed by atoms with Gasteiger partial charge in [-0.05, 0) is 11.8 Å². The summed E-state index contributed by atoms with van der Waals surface area (Å²) in [6, 6.07) is 0. The van der Waals surface area contributed by atoms with Crippen molar-refractivity contribution in [1.29, 1.82) is 0 Å². The molecule has 0 aromatic rings. The Kier molecular flexibility index (Phi) is 5.26. The summed E-state index contributed by atoms with van der Waals surface area (Å²) in [6.07, 6.45) is 1.92. The fourth-order valence-corrected chi connectivity index (χ4v) is 1.37. The van der Waals surface area contributed by atoms with E-state index in [2.05, 4.69) is 27.7 Å². The van der Waals surface area contributed by atoms with E-state index in [0.717, 1.165) is 0 Å². The highest BCUT2D eigenvalue weighted by molar-refractivity contribution is 6.37. The molecule has 0 radical (unpaired) electrons. The van der Waals surface area contributed by atoms with Crippen molar-refractivity contribution in [2.75, 3.05) is 0 Å². The molecule has 2 nitrogen and oxygen atoms in total. The summed E-state index contributed by atoms with van der Waals surface area (Å²) in [5.74, 6) is 0.868. The first-order valence-electron chi connectivity index (χ1n) is 4.46. The van der Waals surface area contributed by atoms with Crippen molar-refractivity contribution >= 4 is 7.12 Å². The number of hydrogen-bond donors (Lipinski definition) is 0. The molecule has 0 aromatic carbocycles. The van der Waals surface area contributed by atoms with E-state index in [0.29, 0.717) is 11.8 Å². The fraction of sp³-hybridized carbons (Fsp3) is 0.778. The minimum Gasteiger partial charge on any atom is -0.893 e. The lowest BCUT2D eigenvalue weighted by Gasteiger charge is -2.26. The third-order valence-corrected chi connectivity index (χ3v) is 1.88. The topological polar surface area (TPSA) is 46.1 Å². The minimum absolute atomic E-state index is 0.117. The van der Waals surface area contributed by atoms with Gasteiger partial charge in [0.2, 0.25) is 0 Å². The van der Waals surface area contributed by atoms with Crippen LogP contribution in [0, 0.1) is 11.8 Å². The molecule has 0 fully saturated rings. The van der Waals surface area contributed by atoms with E-state index in [9.17, 15) is 10.0 Å². The zero-order valence-corrected chi connectivity index (χ0v) is 8.33. The van der Waals surface area contributed by atoms with Crippen molar-refractivity contribution in [3.63, 3.8) is 0 Å². The van der Waals surface area contributed by atoms with Crippen molar-refractivity contribution in [2.45, 2.75) is 34.0 Å². The van der Waals surface area contributed by atoms with Crippen LogP contribution in [0.2, 0.25) is 6.32 Å². The van der Waals surface area contributed by atoms with E-state index < -0.39 is 7.12 Å². The predicted octanol–water partition coefficient (Wildman–Crippen LogP) is 0.434. The maximum Gasteiger partial charge on any atom is -0.0258 e. The molecular weight excluding hydrogens is 151 g/mol. The molecular formula is C9H17BO2-2. The molecule has 0 rings (SSSR count). The Morgan fingerprint density at radius 1 is 1.17 bits per heavy atom. The van der Waals surface area contributed by atoms with E-state index >= 15 is 0 Å². The van der Waals surface area contributed by atoms with E-state index in [-0.39, 0.29) is 6.32 Å². The summed E-state index contributed by atoms with van der Waals surface area (Å²) >= 11 is 0. The van der Waals surface area contributed by atoms with Gasteiger partial charge in [-0.15, -0.1) is 7.12 Å². The Morgan fingerprint density at radius 3 is 1.83 bits per heavy atom. The quantitative estimate of drug-likeness (QED) is 0.451. The van der Waals surface area contributed by atoms with Gasteiger partial charge in [0.15, 0.2) is 0 Å². The maximum atomic E-state index is 10.3. The second kappa shape index (κ2) is 5.38. The summed E-state index contributed by atoms with van der Waals surface area (Å²) in [7, 11) is -1.71. The second-order valence-electron chi connectivity index (χ2n) is 3.68. The van der Waals surface area contributed by atoms with Crippen molar-refractivity contribution in [2.24, 2.45) is 11.8 Å². The molecule has 0 saturated carbocycles. The van der Waals surface area contributed by atoms with Gasteiger partial charge < -0.3 is 10.0 Å². The molecule has 0 spiro atoms. The zero-order chi connectivity index (χ0) is 9.72. The monoisotopic (exact) mass is 168 g/mol. The first kappa shape index (κ1) is 11.7. The minimum atomic E-state index is -1.71. The van der Waals surface area contributed by atoms with Gasteiger partial charge in [0, 0.05) is 0 Å². The Labute approximate surface area is 75.5 Å². The third kappa shape index (κ3) is 4.57. The largest absolute Gasteiger partial charge is 0.893 e. The van der Waals surface area contributed by atoms with Crippen LogP contribution in [0.25, 0.3) is 0 Å². The smallest absolute Gasteiger partial charge is 0.0258 e. The second-order valence-corrected chi connectivity index (χ2v) is 3.68. The van der Waals surface area contributed by atoms with Crippen LogP contribution in [0.15, 0.2) is 11.6 Å². The molecule has 0 aliphatic carbocycles. The van der Waals surface area contributed by atoms with Gasteiger partial charge in [0.05, 0.1) is 0 Å². The highest BCUT2D eigenvalue weighted by atomic mass is 16.4. The van der Waals surface area contributed by atoms with Crippen LogP contribution < -0.4 is 10.0 Å². The van der Waals surface area contributed by atoms with Gasteiger partial charge in [-0.1, -0.05) is 45.7 Å². The summed E-state index contributed by atoms with van der Waals surface area (Å²) in [4.78, 5) is 0. The van der Waals surface area contributed by atoms with Crippen molar-refractivity contribution in [1.82, 2.24) is 0 Å². The summed E-state index contributed by atoms with van der Waals surface area (Å²) in [5, 5.41) is 20.6. The fourth-order valence-electron chi connectivity index (χ4n) is 1.37. The van der Waals surface area contributed by atoms with E-state index in [1.807, 2.05) is 0 Å². The lowest BCUT2D eigenvalue weighted by Crippen LogP contribution is -2.44. The Balaban J connectivity index is 4.19. The number of hydrogen-bond acceptors (Lipinski definition) is 2. The predicted molar refractivity (Wildman–Crippen MR) is 48.3 cm³/mol. The van der Waals surface area contributed by atoms with Crippen LogP contribution in [0.1, 0.15) is 27.7 Å². The molecule has 3 heteroatoms. The van der Waals surface area contributed by atoms with Crippen LogP contribution in [0.5, 0.6) is 0 Å². The van der Waals surface area contributed by atoms with Crippen LogP contribution in [-0.4, -0.2) is 7.12 Å². The Bertz CT molecular complexity index is 141. The Morgan fingerprint density at radius 2 is 1.58 bits per heavy atom. The SMILES string of the molecule is CC(C)C(=CCB([O-])[O-])C(C)C. The van der Waals surface area contributed by atoms with Crippen LogP contribution >= 0.6 is 0 Å². The molecule has 12 heavy (non-hydrogen) atoms. The lowest BCUT2D eigenvalue weighted by molar-refractivity contribution is -0.347. The molecule has 0 aliphatic heterocycles. The molecule has 0 bridgehead atoms. The number of allylic oxidation sites excluding steroid dienone is 2. The van der Waals surface area contributed by atoms with Crippen LogP contribution in [0.3, 0.4) is 0 Å². The van der Waals surface area contributed by atoms with Gasteiger partial charge in [-0.3, -0.25) is 0 Å². The van der Waals surface area contributed by atoms with Gasteiger partial charge in [-0.2, -0.15) is 0 Å². The molecule has 0 heterocycles. The highest BCUT2D eigenvalue weighted by Crippen LogP contribution is 2.19. The van der Waals surface area contributed by atoms with Gasteiger partial charge >= 0.3 is 0 Å². The van der Waals surface area contributed by atoms with Crippen molar-refractivity contribution in [3.8, 4) is 0 Å². The van der Waals surface area contributed by atoms with E-state index in [1.54, 1.807) is 6.08 Å². The molecule has 0 atom stereocenters. The maximum absolute atomic E-state index is 10.3. The van der Waals surface area contributed by atoms with Crippen LogP contribution in [0.4, 0.5) is 0 Å². The first-order valence-corrected chi connectivity index (χ1v) is 4.46. The average molecular weight is 168 g/mol. The summed E-state index contributed by atoms with van der Waals surface area (Å²) in [5.41, 5.74) is 1.21. The summed E-state index contributed by atoms with van der Waals surface area (Å²) in [6.45, 7) is 8.32. The lowest BCUT2D eigenvalue weighted by atomic mass is 9.82. The first-order chi connectivity index (χ1) is 5.45. The molecule has 0 aromatic heterocycles. The summed E-state index contributed by atoms with van der Waals surface area (Å²) < 4.78 is 0. The normalized spacial score (nSPS) is 10.7. The molecule has 70 valence electrons. The standard InChI is InChI=1S/C9H17BO2/c1-7(2)9(8(3)4)5-6-10(11)12/h5,7-8H,6H2,1-4H3/q-2. The molecule has 0 unspecified atom stereocenters. The molecule has 0 aliphatic rings. The number of rotatable bonds is 4. The van der Waals surface area contributed by atoms with E-state index in [4.69, 9.17) is 0 Å². The van der Waals surface area contributed by atoms with Crippen molar-refractivity contribution < 1.29 is 10.0 Å². The van der Waals surface area contributed by atoms with Crippen molar-refractivity contribution in [3.05, 3.63) is 11.6 Å². The molecule has 0 N–H and O–H groups in total. The highest BCUT2D eigenvalue weighted by Gasteiger charge is 2.05. The zero-order valence-electron chi connectivity index (χ0n) is 8.33. The van der Waals surface area contributed by atoms with Crippen LogP contribution in [-0.2, 0) is 0 Å². The van der Waals surface area contributed by atoms with Gasteiger partial charge in [-0.25, -0.2) is 0 Å². The third-order valence-electron chi connectivity index (χ3n) is 1.88. The van der Waals surface area contributed by atoms with E-state index in [1.165, 1.54) is 5.57 Å². The molecule has 0 amide bonds. The average Bonchev–Trinajstić information content (AvgIpc) is 1.84. The van der Waals surface area contributed by atoms with Gasteiger partial charge in [0.25, 0.3) is 0 Å². The Hall–Kier alpha value is -0.275.